The van der Waals surface area contributed by atoms with E-state index in [1.54, 1.807) is 7.05 Å². The minimum absolute atomic E-state index is 0.122. The SMILES string of the molecule is CCN(CC)C1(C(Cc2nnn(C)n2)NN)CCCC1. The maximum absolute atomic E-state index is 5.88. The molecule has 1 aliphatic rings. The van der Waals surface area contributed by atoms with E-state index >= 15 is 0 Å². The third-order valence-corrected chi connectivity index (χ3v) is 4.65. The lowest BCUT2D eigenvalue weighted by Gasteiger charge is -2.45. The molecule has 7 heteroatoms. The first kappa shape index (κ1) is 15.3. The minimum atomic E-state index is 0.122. The highest BCUT2D eigenvalue weighted by molar-refractivity contribution is 5.05. The molecule has 0 amide bonds. The normalized spacial score (nSPS) is 19.6. The average molecular weight is 281 g/mol. The van der Waals surface area contributed by atoms with Gasteiger partial charge in [0, 0.05) is 18.0 Å². The van der Waals surface area contributed by atoms with Crippen LogP contribution in [0.5, 0.6) is 0 Å². The fraction of sp³-hybridized carbons (Fsp3) is 0.923. The maximum atomic E-state index is 5.88. The molecule has 1 atom stereocenters. The van der Waals surface area contributed by atoms with E-state index in [9.17, 15) is 0 Å². The van der Waals surface area contributed by atoms with Crippen molar-refractivity contribution in [3.8, 4) is 0 Å². The van der Waals surface area contributed by atoms with Gasteiger partial charge in [0.1, 0.15) is 0 Å². The van der Waals surface area contributed by atoms with Gasteiger partial charge in [0.2, 0.25) is 0 Å². The average Bonchev–Trinajstić information content (AvgIpc) is 3.07. The summed E-state index contributed by atoms with van der Waals surface area (Å²) in [4.78, 5) is 4.04. The Kier molecular flexibility index (Phi) is 5.06. The summed E-state index contributed by atoms with van der Waals surface area (Å²) in [5.74, 6) is 6.64. The van der Waals surface area contributed by atoms with Crippen LogP contribution in [-0.4, -0.2) is 49.8 Å². The van der Waals surface area contributed by atoms with Crippen LogP contribution in [0.4, 0.5) is 0 Å². The number of nitrogens with one attached hydrogen (secondary N) is 1. The first-order valence-corrected chi connectivity index (χ1v) is 7.60. The molecule has 1 aromatic heterocycles. The van der Waals surface area contributed by atoms with E-state index in [1.165, 1.54) is 30.5 Å². The zero-order valence-electron chi connectivity index (χ0n) is 12.8. The molecule has 1 saturated carbocycles. The Labute approximate surface area is 120 Å². The number of likely N-dealkylation sites (N-methyl/N-ethyl adjacent to an activating group) is 1. The van der Waals surface area contributed by atoms with Crippen molar-refractivity contribution >= 4 is 0 Å². The van der Waals surface area contributed by atoms with Crippen LogP contribution in [0.15, 0.2) is 0 Å². The van der Waals surface area contributed by atoms with Crippen LogP contribution in [0.3, 0.4) is 0 Å². The van der Waals surface area contributed by atoms with Crippen molar-refractivity contribution in [1.82, 2.24) is 30.5 Å². The lowest BCUT2D eigenvalue weighted by molar-refractivity contribution is 0.0622. The lowest BCUT2D eigenvalue weighted by atomic mass is 9.84. The molecule has 0 spiro atoms. The highest BCUT2D eigenvalue weighted by Crippen LogP contribution is 2.38. The zero-order valence-corrected chi connectivity index (χ0v) is 12.8. The highest BCUT2D eigenvalue weighted by atomic mass is 15.6. The fourth-order valence-corrected chi connectivity index (χ4v) is 3.72. The molecule has 1 aliphatic carbocycles. The van der Waals surface area contributed by atoms with Gasteiger partial charge < -0.3 is 0 Å². The molecule has 0 bridgehead atoms. The maximum Gasteiger partial charge on any atom is 0.176 e. The summed E-state index contributed by atoms with van der Waals surface area (Å²) in [5.41, 5.74) is 3.16. The van der Waals surface area contributed by atoms with Gasteiger partial charge in [0.15, 0.2) is 5.82 Å². The standard InChI is InChI=1S/C13H27N7/c1-4-20(5-2)13(8-6-7-9-13)11(15-14)10-12-16-18-19(3)17-12/h11,15H,4-10,14H2,1-3H3. The molecular formula is C13H27N7. The molecule has 7 nitrogen and oxygen atoms in total. The van der Waals surface area contributed by atoms with Gasteiger partial charge >= 0.3 is 0 Å². The van der Waals surface area contributed by atoms with Crippen LogP contribution in [0.1, 0.15) is 45.4 Å². The number of hydrogen-bond acceptors (Lipinski definition) is 6. The molecule has 2 rings (SSSR count). The Morgan fingerprint density at radius 2 is 2.00 bits per heavy atom. The molecular weight excluding hydrogens is 254 g/mol. The predicted molar refractivity (Wildman–Crippen MR) is 77.7 cm³/mol. The van der Waals surface area contributed by atoms with E-state index in [0.29, 0.717) is 0 Å². The van der Waals surface area contributed by atoms with E-state index in [4.69, 9.17) is 5.84 Å². The largest absolute Gasteiger partial charge is 0.297 e. The molecule has 0 radical (unpaired) electrons. The molecule has 1 aromatic rings. The number of hydrogen-bond donors (Lipinski definition) is 2. The summed E-state index contributed by atoms with van der Waals surface area (Å²) in [7, 11) is 1.79. The summed E-state index contributed by atoms with van der Waals surface area (Å²) in [5, 5.41) is 12.3. The topological polar surface area (TPSA) is 84.9 Å². The number of aryl methyl sites for hydroxylation is 1. The van der Waals surface area contributed by atoms with Gasteiger partial charge in [-0.05, 0) is 31.1 Å². The smallest absolute Gasteiger partial charge is 0.176 e. The number of tetrazole rings is 1. The third kappa shape index (κ3) is 2.84. The summed E-state index contributed by atoms with van der Waals surface area (Å²) >= 11 is 0. The summed E-state index contributed by atoms with van der Waals surface area (Å²) < 4.78 is 0. The van der Waals surface area contributed by atoms with Crippen molar-refractivity contribution in [1.29, 1.82) is 0 Å². The second-order valence-corrected chi connectivity index (χ2v) is 5.60. The number of aromatic nitrogens is 4. The van der Waals surface area contributed by atoms with E-state index in [1.807, 2.05) is 0 Å². The summed E-state index contributed by atoms with van der Waals surface area (Å²) in [6, 6.07) is 0.161. The van der Waals surface area contributed by atoms with E-state index in [-0.39, 0.29) is 11.6 Å². The third-order valence-electron chi connectivity index (χ3n) is 4.65. The predicted octanol–water partition coefficient (Wildman–Crippen LogP) is 0.239. The Morgan fingerprint density at radius 1 is 1.35 bits per heavy atom. The van der Waals surface area contributed by atoms with Gasteiger partial charge in [-0.1, -0.05) is 26.7 Å². The quantitative estimate of drug-likeness (QED) is 0.550. The van der Waals surface area contributed by atoms with Crippen LogP contribution >= 0.6 is 0 Å². The second-order valence-electron chi connectivity index (χ2n) is 5.60. The van der Waals surface area contributed by atoms with Crippen molar-refractivity contribution in [2.24, 2.45) is 12.9 Å². The first-order chi connectivity index (χ1) is 9.66. The van der Waals surface area contributed by atoms with Gasteiger partial charge in [0.05, 0.1) is 7.05 Å². The molecule has 0 saturated heterocycles. The fourth-order valence-electron chi connectivity index (χ4n) is 3.72. The van der Waals surface area contributed by atoms with Crippen LogP contribution in [0, 0.1) is 0 Å². The van der Waals surface area contributed by atoms with Crippen LogP contribution in [0.25, 0.3) is 0 Å². The Hall–Kier alpha value is -1.05. The summed E-state index contributed by atoms with van der Waals surface area (Å²) in [6.07, 6.45) is 5.62. The van der Waals surface area contributed by atoms with Gasteiger partial charge in [-0.2, -0.15) is 4.80 Å². The van der Waals surface area contributed by atoms with Gasteiger partial charge in [-0.25, -0.2) is 0 Å². The van der Waals surface area contributed by atoms with Crippen molar-refractivity contribution < 1.29 is 0 Å². The van der Waals surface area contributed by atoms with Crippen LogP contribution in [-0.2, 0) is 13.5 Å². The second kappa shape index (κ2) is 6.60. The van der Waals surface area contributed by atoms with Gasteiger partial charge in [0.25, 0.3) is 0 Å². The Morgan fingerprint density at radius 3 is 2.45 bits per heavy atom. The minimum Gasteiger partial charge on any atom is -0.297 e. The molecule has 1 heterocycles. The van der Waals surface area contributed by atoms with E-state index in [2.05, 4.69) is 39.6 Å². The van der Waals surface area contributed by atoms with E-state index in [0.717, 1.165) is 25.3 Å². The molecule has 20 heavy (non-hydrogen) atoms. The number of nitrogens with zero attached hydrogens (tertiary/aromatic N) is 5. The number of nitrogens with two attached hydrogens (primary N) is 1. The van der Waals surface area contributed by atoms with Crippen molar-refractivity contribution in [2.75, 3.05) is 13.1 Å². The van der Waals surface area contributed by atoms with Crippen molar-refractivity contribution in [2.45, 2.75) is 57.5 Å². The number of hydrazine groups is 1. The Balaban J connectivity index is 2.21. The first-order valence-electron chi connectivity index (χ1n) is 7.60. The molecule has 1 fully saturated rings. The van der Waals surface area contributed by atoms with Crippen LogP contribution in [0.2, 0.25) is 0 Å². The number of rotatable bonds is 7. The van der Waals surface area contributed by atoms with Gasteiger partial charge in [-0.15, -0.1) is 10.2 Å². The molecule has 3 N–H and O–H groups in total. The van der Waals surface area contributed by atoms with E-state index < -0.39 is 0 Å². The lowest BCUT2D eigenvalue weighted by Crippen LogP contribution is -2.62. The van der Waals surface area contributed by atoms with Crippen LogP contribution < -0.4 is 11.3 Å². The molecule has 114 valence electrons. The van der Waals surface area contributed by atoms with Crippen molar-refractivity contribution in [3.05, 3.63) is 5.82 Å². The molecule has 0 aromatic carbocycles. The summed E-state index contributed by atoms with van der Waals surface area (Å²) in [6.45, 7) is 6.53. The highest BCUT2D eigenvalue weighted by Gasteiger charge is 2.44. The monoisotopic (exact) mass is 281 g/mol. The zero-order chi connectivity index (χ0) is 14.6. The molecule has 0 aliphatic heterocycles. The van der Waals surface area contributed by atoms with Gasteiger partial charge in [-0.3, -0.25) is 16.2 Å². The molecule has 1 unspecified atom stereocenters. The Bertz CT molecular complexity index is 407. The van der Waals surface area contributed by atoms with Crippen molar-refractivity contribution in [3.63, 3.8) is 0 Å².